The SMILES string of the molecule is O=C1c2ccccc2C(=O)c2cc3c(cc21)C1c2ccccc2C3c2ccccc21. The van der Waals surface area contributed by atoms with Crippen molar-refractivity contribution in [1.29, 1.82) is 0 Å². The van der Waals surface area contributed by atoms with E-state index in [0.717, 1.165) is 11.1 Å². The minimum atomic E-state index is -0.0500. The molecule has 0 unspecified atom stereocenters. The summed E-state index contributed by atoms with van der Waals surface area (Å²) < 4.78 is 0. The Morgan fingerprint density at radius 2 is 0.733 bits per heavy atom. The Bertz CT molecular complexity index is 1290. The number of hydrogen-bond acceptors (Lipinski definition) is 2. The van der Waals surface area contributed by atoms with Crippen LogP contribution in [0.4, 0.5) is 0 Å². The van der Waals surface area contributed by atoms with Gasteiger partial charge in [0.1, 0.15) is 0 Å². The number of fused-ring (bicyclic) bond motifs is 2. The van der Waals surface area contributed by atoms with Crippen LogP contribution in [-0.4, -0.2) is 11.6 Å². The van der Waals surface area contributed by atoms with Crippen LogP contribution >= 0.6 is 0 Å². The molecule has 4 aromatic rings. The fourth-order valence-corrected chi connectivity index (χ4v) is 5.76. The molecule has 0 aliphatic heterocycles. The highest BCUT2D eigenvalue weighted by Gasteiger charge is 2.43. The average molecular weight is 384 g/mol. The number of carbonyl (C=O) groups is 2. The van der Waals surface area contributed by atoms with Crippen molar-refractivity contribution in [3.8, 4) is 0 Å². The zero-order chi connectivity index (χ0) is 20.0. The van der Waals surface area contributed by atoms with Crippen LogP contribution in [-0.2, 0) is 0 Å². The van der Waals surface area contributed by atoms with Crippen molar-refractivity contribution < 1.29 is 9.59 Å². The molecule has 0 heterocycles. The smallest absolute Gasteiger partial charge is 0.194 e. The van der Waals surface area contributed by atoms with Crippen LogP contribution in [0.5, 0.6) is 0 Å². The highest BCUT2D eigenvalue weighted by Crippen LogP contribution is 2.56. The van der Waals surface area contributed by atoms with Crippen LogP contribution in [0, 0.1) is 0 Å². The number of rotatable bonds is 0. The van der Waals surface area contributed by atoms with E-state index in [4.69, 9.17) is 0 Å². The fourth-order valence-electron chi connectivity index (χ4n) is 5.76. The lowest BCUT2D eigenvalue weighted by atomic mass is 9.60. The first-order valence-corrected chi connectivity index (χ1v) is 10.3. The van der Waals surface area contributed by atoms with Crippen molar-refractivity contribution in [3.63, 3.8) is 0 Å². The summed E-state index contributed by atoms with van der Waals surface area (Å²) in [5, 5.41) is 0. The van der Waals surface area contributed by atoms with Gasteiger partial charge in [-0.2, -0.15) is 0 Å². The van der Waals surface area contributed by atoms with Gasteiger partial charge in [-0.25, -0.2) is 0 Å². The quantitative estimate of drug-likeness (QED) is 0.348. The maximum absolute atomic E-state index is 13.3. The Morgan fingerprint density at radius 1 is 0.400 bits per heavy atom. The standard InChI is InChI=1S/C28H16O2/c29-27-19-11-5-6-12-20(19)28(30)24-14-22-21(13-23(24)27)25-15-7-1-2-8-16(15)26(22)18-10-4-3-9-17(18)25/h1-14,25-26H. The molecular weight excluding hydrogens is 368 g/mol. The van der Waals surface area contributed by atoms with Crippen molar-refractivity contribution >= 4 is 11.6 Å². The van der Waals surface area contributed by atoms with Crippen molar-refractivity contribution in [2.24, 2.45) is 0 Å². The van der Waals surface area contributed by atoms with Crippen LogP contribution in [0.25, 0.3) is 0 Å². The van der Waals surface area contributed by atoms with Gasteiger partial charge in [-0.3, -0.25) is 9.59 Å². The molecule has 2 nitrogen and oxygen atoms in total. The van der Waals surface area contributed by atoms with E-state index in [1.807, 2.05) is 24.3 Å². The topological polar surface area (TPSA) is 34.1 Å². The lowest BCUT2D eigenvalue weighted by Gasteiger charge is -2.42. The summed E-state index contributed by atoms with van der Waals surface area (Å²) >= 11 is 0. The third-order valence-electron chi connectivity index (χ3n) is 6.99. The van der Waals surface area contributed by atoms with Gasteiger partial charge in [0.15, 0.2) is 11.6 Å². The van der Waals surface area contributed by atoms with E-state index in [-0.39, 0.29) is 23.4 Å². The second-order valence-corrected chi connectivity index (χ2v) is 8.35. The van der Waals surface area contributed by atoms with Gasteiger partial charge in [0.2, 0.25) is 0 Å². The maximum Gasteiger partial charge on any atom is 0.194 e. The Balaban J connectivity index is 1.55. The molecule has 0 amide bonds. The van der Waals surface area contributed by atoms with Gasteiger partial charge in [0.25, 0.3) is 0 Å². The van der Waals surface area contributed by atoms with Gasteiger partial charge < -0.3 is 0 Å². The number of ketones is 2. The summed E-state index contributed by atoms with van der Waals surface area (Å²) in [6, 6.07) is 28.3. The van der Waals surface area contributed by atoms with Gasteiger partial charge in [-0.1, -0.05) is 72.8 Å². The Hall–Kier alpha value is -3.78. The molecule has 0 saturated carbocycles. The van der Waals surface area contributed by atoms with E-state index in [2.05, 4.69) is 48.5 Å². The fraction of sp³-hybridized carbons (Fsp3) is 0.0714. The molecule has 2 bridgehead atoms. The predicted octanol–water partition coefficient (Wildman–Crippen LogP) is 5.45. The third-order valence-corrected chi connectivity index (χ3v) is 6.99. The first-order chi connectivity index (χ1) is 14.7. The Labute approximate surface area is 173 Å². The number of benzene rings is 4. The molecule has 2 heteroatoms. The maximum atomic E-state index is 13.3. The lowest BCUT2D eigenvalue weighted by molar-refractivity contribution is 0.0979. The molecule has 0 N–H and O–H groups in total. The molecule has 4 aliphatic rings. The van der Waals surface area contributed by atoms with Crippen LogP contribution in [0.1, 0.15) is 77.1 Å². The second kappa shape index (κ2) is 5.43. The molecular formula is C28H16O2. The van der Waals surface area contributed by atoms with Gasteiger partial charge in [0, 0.05) is 34.1 Å². The number of hydrogen-bond donors (Lipinski definition) is 0. The molecule has 4 aliphatic carbocycles. The molecule has 140 valence electrons. The molecule has 8 rings (SSSR count). The molecule has 0 aromatic heterocycles. The molecule has 0 radical (unpaired) electrons. The minimum absolute atomic E-state index is 0.0500. The van der Waals surface area contributed by atoms with Gasteiger partial charge in [-0.05, 0) is 45.5 Å². The van der Waals surface area contributed by atoms with Crippen LogP contribution in [0.2, 0.25) is 0 Å². The normalized spacial score (nSPS) is 19.5. The van der Waals surface area contributed by atoms with E-state index in [0.29, 0.717) is 22.3 Å². The molecule has 0 saturated heterocycles. The van der Waals surface area contributed by atoms with Crippen molar-refractivity contribution in [1.82, 2.24) is 0 Å². The molecule has 30 heavy (non-hydrogen) atoms. The molecule has 0 spiro atoms. The largest absolute Gasteiger partial charge is 0.289 e. The summed E-state index contributed by atoms with van der Waals surface area (Å²) in [5.74, 6) is 0.0996. The summed E-state index contributed by atoms with van der Waals surface area (Å²) in [4.78, 5) is 26.6. The van der Waals surface area contributed by atoms with Crippen LogP contribution < -0.4 is 0 Å². The second-order valence-electron chi connectivity index (χ2n) is 8.35. The molecule has 0 atom stereocenters. The summed E-state index contributed by atoms with van der Waals surface area (Å²) in [6.45, 7) is 0. The monoisotopic (exact) mass is 384 g/mol. The van der Waals surface area contributed by atoms with E-state index < -0.39 is 0 Å². The zero-order valence-electron chi connectivity index (χ0n) is 16.1. The summed E-state index contributed by atoms with van der Waals surface area (Å²) in [7, 11) is 0. The average Bonchev–Trinajstić information content (AvgIpc) is 2.81. The van der Waals surface area contributed by atoms with Crippen LogP contribution in [0.3, 0.4) is 0 Å². The van der Waals surface area contributed by atoms with Crippen LogP contribution in [0.15, 0.2) is 84.9 Å². The predicted molar refractivity (Wildman–Crippen MR) is 115 cm³/mol. The summed E-state index contributed by atoms with van der Waals surface area (Å²) in [6.07, 6.45) is 0. The lowest BCUT2D eigenvalue weighted by Crippen LogP contribution is -2.30. The minimum Gasteiger partial charge on any atom is -0.289 e. The van der Waals surface area contributed by atoms with E-state index in [1.54, 1.807) is 12.1 Å². The first kappa shape index (κ1) is 16.1. The van der Waals surface area contributed by atoms with Gasteiger partial charge in [0.05, 0.1) is 0 Å². The van der Waals surface area contributed by atoms with Gasteiger partial charge in [-0.15, -0.1) is 0 Å². The highest BCUT2D eigenvalue weighted by molar-refractivity contribution is 6.28. The van der Waals surface area contributed by atoms with Crippen molar-refractivity contribution in [2.45, 2.75) is 11.8 Å². The molecule has 4 aromatic carbocycles. The Kier molecular flexibility index (Phi) is 2.91. The van der Waals surface area contributed by atoms with Crippen molar-refractivity contribution in [3.05, 3.63) is 141 Å². The number of carbonyl (C=O) groups excluding carboxylic acids is 2. The van der Waals surface area contributed by atoms with E-state index >= 15 is 0 Å². The molecule has 0 fully saturated rings. The highest BCUT2D eigenvalue weighted by atomic mass is 16.1. The van der Waals surface area contributed by atoms with E-state index in [9.17, 15) is 9.59 Å². The Morgan fingerprint density at radius 3 is 1.10 bits per heavy atom. The first-order valence-electron chi connectivity index (χ1n) is 10.3. The summed E-state index contributed by atoms with van der Waals surface area (Å²) in [5.41, 5.74) is 9.67. The van der Waals surface area contributed by atoms with E-state index in [1.165, 1.54) is 22.3 Å². The van der Waals surface area contributed by atoms with Gasteiger partial charge >= 0.3 is 0 Å². The zero-order valence-corrected chi connectivity index (χ0v) is 16.1. The van der Waals surface area contributed by atoms with Crippen molar-refractivity contribution in [2.75, 3.05) is 0 Å². The third kappa shape index (κ3) is 1.80.